The van der Waals surface area contributed by atoms with Crippen molar-refractivity contribution in [3.05, 3.63) is 40.1 Å². The number of hydrogen-bond acceptors (Lipinski definition) is 7. The number of aromatic nitrogens is 4. The van der Waals surface area contributed by atoms with Gasteiger partial charge < -0.3 is 14.8 Å². The molecule has 35 heavy (non-hydrogen) atoms. The molecule has 1 aromatic carbocycles. The van der Waals surface area contributed by atoms with E-state index in [2.05, 4.69) is 22.0 Å². The van der Waals surface area contributed by atoms with Gasteiger partial charge in [0.15, 0.2) is 11.3 Å². The number of unbranched alkanes of at least 4 members (excludes halogenated alkanes) is 3. The van der Waals surface area contributed by atoms with Crippen LogP contribution in [0.15, 0.2) is 27.9 Å². The Labute approximate surface area is 205 Å². The summed E-state index contributed by atoms with van der Waals surface area (Å²) in [7, 11) is -3.83. The molecule has 0 aliphatic carbocycles. The second-order valence-electron chi connectivity index (χ2n) is 8.88. The average Bonchev–Trinajstić information content (AvgIpc) is 3.41. The van der Waals surface area contributed by atoms with Gasteiger partial charge in [0, 0.05) is 19.5 Å². The molecule has 0 spiro atoms. The molecule has 0 amide bonds. The minimum absolute atomic E-state index is 0.0504. The molecule has 190 valence electrons. The topological polar surface area (TPSA) is 130 Å². The smallest absolute Gasteiger partial charge is 0.277 e. The van der Waals surface area contributed by atoms with E-state index in [1.54, 1.807) is 17.5 Å². The third-order valence-electron chi connectivity index (χ3n) is 6.27. The first-order valence-corrected chi connectivity index (χ1v) is 13.6. The zero-order valence-electron chi connectivity index (χ0n) is 20.5. The van der Waals surface area contributed by atoms with Gasteiger partial charge in [0.25, 0.3) is 5.56 Å². The van der Waals surface area contributed by atoms with Gasteiger partial charge in [-0.2, -0.15) is 4.31 Å². The molecule has 2 aromatic heterocycles. The highest BCUT2D eigenvalue weighted by Crippen LogP contribution is 2.32. The lowest BCUT2D eigenvalue weighted by atomic mass is 10.1. The Morgan fingerprint density at radius 3 is 2.71 bits per heavy atom. The van der Waals surface area contributed by atoms with Crippen molar-refractivity contribution in [1.29, 1.82) is 0 Å². The van der Waals surface area contributed by atoms with Crippen LogP contribution in [0.5, 0.6) is 5.75 Å². The highest BCUT2D eigenvalue weighted by atomic mass is 32.2. The summed E-state index contributed by atoms with van der Waals surface area (Å²) >= 11 is 0. The van der Waals surface area contributed by atoms with Crippen LogP contribution in [-0.4, -0.2) is 63.2 Å². The van der Waals surface area contributed by atoms with Gasteiger partial charge in [-0.3, -0.25) is 4.79 Å². The number of sulfonamides is 1. The standard InChI is InChI=1S/C24H33N5O5S/c1-4-6-7-8-9-21-25-16(3)22-24(31)26-23(27-29(21)22)19-14-18(10-11-20(19)34-5-2)35(32,33)28-13-12-17(30)15-28/h10-11,14,17,30H,4-9,12-13,15H2,1-3H3,(H,26,27,31). The van der Waals surface area contributed by atoms with Crippen LogP contribution in [-0.2, 0) is 16.4 Å². The summed E-state index contributed by atoms with van der Waals surface area (Å²) in [6.45, 7) is 6.43. The third-order valence-corrected chi connectivity index (χ3v) is 8.13. The Kier molecular flexibility index (Phi) is 7.58. The van der Waals surface area contributed by atoms with Crippen molar-refractivity contribution in [2.45, 2.75) is 70.3 Å². The number of nitrogens with zero attached hydrogens (tertiary/aromatic N) is 4. The van der Waals surface area contributed by atoms with Crippen LogP contribution < -0.4 is 10.3 Å². The van der Waals surface area contributed by atoms with Crippen molar-refractivity contribution in [1.82, 2.24) is 23.9 Å². The molecule has 1 aliphatic rings. The number of fused-ring (bicyclic) bond motifs is 1. The summed E-state index contributed by atoms with van der Waals surface area (Å²) in [5, 5.41) is 14.5. The van der Waals surface area contributed by atoms with Gasteiger partial charge in [-0.1, -0.05) is 26.2 Å². The van der Waals surface area contributed by atoms with Gasteiger partial charge in [-0.25, -0.2) is 17.9 Å². The van der Waals surface area contributed by atoms with Crippen molar-refractivity contribution >= 4 is 15.5 Å². The van der Waals surface area contributed by atoms with Crippen LogP contribution in [0.25, 0.3) is 16.9 Å². The summed E-state index contributed by atoms with van der Waals surface area (Å²) in [5.41, 5.74) is 1.00. The van der Waals surface area contributed by atoms with Gasteiger partial charge in [0.1, 0.15) is 11.6 Å². The van der Waals surface area contributed by atoms with Crippen molar-refractivity contribution in [3.8, 4) is 17.1 Å². The SMILES string of the molecule is CCCCCCc1nc(C)c2c(=O)[nH]c(-c3cc(S(=O)(=O)N4CCC(O)C4)ccc3OCC)nn12. The van der Waals surface area contributed by atoms with Gasteiger partial charge >= 0.3 is 0 Å². The van der Waals surface area contributed by atoms with Crippen LogP contribution >= 0.6 is 0 Å². The summed E-state index contributed by atoms with van der Waals surface area (Å²) in [4.78, 5) is 20.5. The number of ether oxygens (including phenoxy) is 1. The molecule has 1 unspecified atom stereocenters. The highest BCUT2D eigenvalue weighted by molar-refractivity contribution is 7.89. The van der Waals surface area contributed by atoms with E-state index in [9.17, 15) is 18.3 Å². The number of rotatable bonds is 10. The predicted molar refractivity (Wildman–Crippen MR) is 132 cm³/mol. The normalized spacial score (nSPS) is 16.9. The lowest BCUT2D eigenvalue weighted by Crippen LogP contribution is -2.29. The quantitative estimate of drug-likeness (QED) is 0.407. The van der Waals surface area contributed by atoms with Gasteiger partial charge in [-0.05, 0) is 44.9 Å². The molecule has 3 heterocycles. The first-order chi connectivity index (χ1) is 16.8. The molecular formula is C24H33N5O5S. The largest absolute Gasteiger partial charge is 0.493 e. The van der Waals surface area contributed by atoms with Crippen molar-refractivity contribution in [3.63, 3.8) is 0 Å². The molecule has 0 saturated carbocycles. The van der Waals surface area contributed by atoms with Crippen LogP contribution in [0.3, 0.4) is 0 Å². The van der Waals surface area contributed by atoms with Crippen molar-refractivity contribution in [2.24, 2.45) is 0 Å². The average molecular weight is 504 g/mol. The number of aryl methyl sites for hydroxylation is 2. The number of aromatic amines is 1. The number of H-pyrrole nitrogens is 1. The molecule has 1 aliphatic heterocycles. The van der Waals surface area contributed by atoms with Gasteiger partial charge in [-0.15, -0.1) is 5.10 Å². The van der Waals surface area contributed by atoms with E-state index >= 15 is 0 Å². The number of hydrogen-bond donors (Lipinski definition) is 2. The van der Waals surface area contributed by atoms with E-state index in [1.807, 2.05) is 6.92 Å². The zero-order chi connectivity index (χ0) is 25.2. The van der Waals surface area contributed by atoms with Crippen molar-refractivity contribution < 1.29 is 18.3 Å². The summed E-state index contributed by atoms with van der Waals surface area (Å²) in [5.74, 6) is 1.32. The summed E-state index contributed by atoms with van der Waals surface area (Å²) in [6.07, 6.45) is 4.68. The molecule has 1 atom stereocenters. The Morgan fingerprint density at radius 2 is 2.03 bits per heavy atom. The Morgan fingerprint density at radius 1 is 1.23 bits per heavy atom. The maximum Gasteiger partial charge on any atom is 0.277 e. The van der Waals surface area contributed by atoms with E-state index in [-0.39, 0.29) is 29.4 Å². The van der Waals surface area contributed by atoms with E-state index in [0.29, 0.717) is 47.8 Å². The number of benzene rings is 1. The van der Waals surface area contributed by atoms with E-state index < -0.39 is 16.1 Å². The highest BCUT2D eigenvalue weighted by Gasteiger charge is 2.32. The molecule has 0 radical (unpaired) electrons. The number of nitrogens with one attached hydrogen (secondary N) is 1. The van der Waals surface area contributed by atoms with Crippen LogP contribution in [0.4, 0.5) is 0 Å². The lowest BCUT2D eigenvalue weighted by Gasteiger charge is -2.17. The first kappa shape index (κ1) is 25.3. The second-order valence-corrected chi connectivity index (χ2v) is 10.8. The first-order valence-electron chi connectivity index (χ1n) is 12.2. The molecule has 0 bridgehead atoms. The maximum atomic E-state index is 13.2. The fraction of sp³-hybridized carbons (Fsp3) is 0.542. The number of β-amino-alcohol motifs (C(OH)–C–C–N with tert-alkyl or cyclic N) is 1. The van der Waals surface area contributed by atoms with Crippen molar-refractivity contribution in [2.75, 3.05) is 19.7 Å². The lowest BCUT2D eigenvalue weighted by molar-refractivity contribution is 0.189. The second kappa shape index (κ2) is 10.5. The number of aliphatic hydroxyl groups excluding tert-OH is 1. The molecule has 1 saturated heterocycles. The van der Waals surface area contributed by atoms with Crippen LogP contribution in [0.1, 0.15) is 57.5 Å². The Hall–Kier alpha value is -2.76. The van der Waals surface area contributed by atoms with E-state index in [1.165, 1.54) is 16.4 Å². The Bertz CT molecular complexity index is 1360. The molecule has 3 aromatic rings. The van der Waals surface area contributed by atoms with E-state index in [4.69, 9.17) is 4.74 Å². The van der Waals surface area contributed by atoms with E-state index in [0.717, 1.165) is 25.7 Å². The monoisotopic (exact) mass is 503 g/mol. The predicted octanol–water partition coefficient (Wildman–Crippen LogP) is 2.67. The molecule has 10 nitrogen and oxygen atoms in total. The summed E-state index contributed by atoms with van der Waals surface area (Å²) < 4.78 is 35.0. The van der Waals surface area contributed by atoms with Gasteiger partial charge in [0.2, 0.25) is 10.0 Å². The Balaban J connectivity index is 1.80. The third kappa shape index (κ3) is 5.12. The molecular weight excluding hydrogens is 470 g/mol. The van der Waals surface area contributed by atoms with Crippen LogP contribution in [0, 0.1) is 6.92 Å². The maximum absolute atomic E-state index is 13.2. The van der Waals surface area contributed by atoms with Gasteiger partial charge in [0.05, 0.1) is 28.9 Å². The number of aliphatic hydroxyl groups is 1. The minimum atomic E-state index is -3.83. The molecule has 4 rings (SSSR count). The van der Waals surface area contributed by atoms with Crippen LogP contribution in [0.2, 0.25) is 0 Å². The number of imidazole rings is 1. The zero-order valence-corrected chi connectivity index (χ0v) is 21.3. The minimum Gasteiger partial charge on any atom is -0.493 e. The molecule has 1 fully saturated rings. The molecule has 2 N–H and O–H groups in total. The summed E-state index contributed by atoms with van der Waals surface area (Å²) in [6, 6.07) is 4.53. The fourth-order valence-corrected chi connectivity index (χ4v) is 5.96. The molecule has 11 heteroatoms. The fourth-order valence-electron chi connectivity index (χ4n) is 4.44.